The number of hydrogen-bond acceptors (Lipinski definition) is 1. The van der Waals surface area contributed by atoms with Crippen molar-refractivity contribution in [3.63, 3.8) is 0 Å². The largest absolute Gasteiger partial charge is 0.481 e. The Bertz CT molecular complexity index is 414. The molecule has 1 N–H and O–H groups in total. The highest BCUT2D eigenvalue weighted by atomic mass is 16.4. The van der Waals surface area contributed by atoms with Crippen LogP contribution in [0.4, 0.5) is 0 Å². The number of hydrogen-bond donors (Lipinski definition) is 1. The second-order valence-corrected chi connectivity index (χ2v) is 4.48. The predicted molar refractivity (Wildman–Crippen MR) is 64.0 cm³/mol. The van der Waals surface area contributed by atoms with Gasteiger partial charge in [-0.2, -0.15) is 0 Å². The van der Waals surface area contributed by atoms with E-state index in [0.29, 0.717) is 0 Å². The van der Waals surface area contributed by atoms with Gasteiger partial charge < -0.3 is 5.11 Å². The van der Waals surface area contributed by atoms with Crippen LogP contribution in [0.15, 0.2) is 35.9 Å². The Kier molecular flexibility index (Phi) is 2.82. The van der Waals surface area contributed by atoms with Crippen LogP contribution in [0.5, 0.6) is 0 Å². The molecule has 0 heterocycles. The van der Waals surface area contributed by atoms with E-state index in [4.69, 9.17) is 0 Å². The average Bonchev–Trinajstić information content (AvgIpc) is 2.16. The topological polar surface area (TPSA) is 37.3 Å². The van der Waals surface area contributed by atoms with E-state index in [-0.39, 0.29) is 0 Å². The molecule has 1 aliphatic carbocycles. The van der Waals surface area contributed by atoms with Crippen molar-refractivity contribution in [2.45, 2.75) is 26.2 Å². The smallest absolute Gasteiger partial charge is 0.313 e. The molecule has 0 amide bonds. The minimum absolute atomic E-state index is 0.587. The highest BCUT2D eigenvalue weighted by Crippen LogP contribution is 2.47. The van der Waals surface area contributed by atoms with Crippen LogP contribution in [-0.4, -0.2) is 11.1 Å². The molecule has 0 atom stereocenters. The fourth-order valence-corrected chi connectivity index (χ4v) is 2.24. The van der Waals surface area contributed by atoms with Gasteiger partial charge in [-0.15, -0.1) is 0 Å². The zero-order chi connectivity index (χ0) is 11.6. The molecule has 1 aromatic rings. The monoisotopic (exact) mass is 216 g/mol. The van der Waals surface area contributed by atoms with E-state index in [1.165, 1.54) is 0 Å². The van der Waals surface area contributed by atoms with Gasteiger partial charge in [0.2, 0.25) is 0 Å². The van der Waals surface area contributed by atoms with E-state index in [0.717, 1.165) is 30.4 Å². The lowest BCUT2D eigenvalue weighted by Gasteiger charge is -2.38. The maximum Gasteiger partial charge on any atom is 0.313 e. The van der Waals surface area contributed by atoms with Crippen molar-refractivity contribution in [3.8, 4) is 0 Å². The molecule has 2 heteroatoms. The third-order valence-electron chi connectivity index (χ3n) is 3.55. The number of aliphatic carboxylic acids is 1. The van der Waals surface area contributed by atoms with Crippen LogP contribution in [0.1, 0.15) is 31.7 Å². The Morgan fingerprint density at radius 3 is 2.38 bits per heavy atom. The summed E-state index contributed by atoms with van der Waals surface area (Å²) in [5.41, 5.74) is 1.46. The third kappa shape index (κ3) is 1.75. The van der Waals surface area contributed by atoms with Crippen LogP contribution in [0.3, 0.4) is 0 Å². The molecule has 0 spiro atoms. The normalized spacial score (nSPS) is 18.9. The SMILES string of the molecule is C/C(=C/c1ccccc1)C1(C(=O)O)CCC1. The summed E-state index contributed by atoms with van der Waals surface area (Å²) >= 11 is 0. The molecule has 0 saturated heterocycles. The van der Waals surface area contributed by atoms with E-state index < -0.39 is 11.4 Å². The standard InChI is InChI=1S/C14H16O2/c1-11(10-12-6-3-2-4-7-12)14(13(15)16)8-5-9-14/h2-4,6-7,10H,5,8-9H2,1H3,(H,15,16)/b11-10-. The lowest BCUT2D eigenvalue weighted by Crippen LogP contribution is -2.38. The number of rotatable bonds is 3. The number of benzene rings is 1. The lowest BCUT2D eigenvalue weighted by atomic mass is 9.64. The van der Waals surface area contributed by atoms with Gasteiger partial charge in [0.1, 0.15) is 0 Å². The Labute approximate surface area is 95.6 Å². The van der Waals surface area contributed by atoms with Crippen LogP contribution < -0.4 is 0 Å². The molecular formula is C14H16O2. The second-order valence-electron chi connectivity index (χ2n) is 4.48. The van der Waals surface area contributed by atoms with Crippen LogP contribution in [0.2, 0.25) is 0 Å². The molecule has 1 saturated carbocycles. The fraction of sp³-hybridized carbons (Fsp3) is 0.357. The molecule has 0 aliphatic heterocycles. The first-order chi connectivity index (χ1) is 7.65. The first kappa shape index (κ1) is 10.9. The quantitative estimate of drug-likeness (QED) is 0.841. The van der Waals surface area contributed by atoms with Crippen molar-refractivity contribution < 1.29 is 9.90 Å². The first-order valence-electron chi connectivity index (χ1n) is 5.62. The molecule has 0 bridgehead atoms. The van der Waals surface area contributed by atoms with Gasteiger partial charge in [-0.3, -0.25) is 4.79 Å². The van der Waals surface area contributed by atoms with Gasteiger partial charge in [0, 0.05) is 0 Å². The molecule has 1 aromatic carbocycles. The van der Waals surface area contributed by atoms with Crippen molar-refractivity contribution in [1.29, 1.82) is 0 Å². The number of carboxylic acid groups (broad SMARTS) is 1. The summed E-state index contributed by atoms with van der Waals surface area (Å²) in [6.45, 7) is 1.93. The molecule has 0 aromatic heterocycles. The molecule has 84 valence electrons. The third-order valence-corrected chi connectivity index (χ3v) is 3.55. The lowest BCUT2D eigenvalue weighted by molar-refractivity contribution is -0.151. The number of carbonyl (C=O) groups is 1. The molecule has 2 rings (SSSR count). The van der Waals surface area contributed by atoms with Gasteiger partial charge in [0.05, 0.1) is 5.41 Å². The molecule has 0 radical (unpaired) electrons. The minimum Gasteiger partial charge on any atom is -0.481 e. The molecule has 16 heavy (non-hydrogen) atoms. The fourth-order valence-electron chi connectivity index (χ4n) is 2.24. The van der Waals surface area contributed by atoms with E-state index in [1.54, 1.807) is 0 Å². The van der Waals surface area contributed by atoms with E-state index in [1.807, 2.05) is 43.3 Å². The number of carboxylic acids is 1. The molecule has 1 aliphatic rings. The first-order valence-corrected chi connectivity index (χ1v) is 5.62. The van der Waals surface area contributed by atoms with Gasteiger partial charge in [0.25, 0.3) is 0 Å². The van der Waals surface area contributed by atoms with Crippen LogP contribution in [0, 0.1) is 5.41 Å². The Balaban J connectivity index is 2.28. The summed E-state index contributed by atoms with van der Waals surface area (Å²) in [7, 11) is 0. The summed E-state index contributed by atoms with van der Waals surface area (Å²) in [6.07, 6.45) is 4.56. The van der Waals surface area contributed by atoms with Crippen molar-refractivity contribution in [2.75, 3.05) is 0 Å². The maximum atomic E-state index is 11.3. The second kappa shape index (κ2) is 4.12. The van der Waals surface area contributed by atoms with Gasteiger partial charge in [-0.1, -0.05) is 48.4 Å². The molecule has 2 nitrogen and oxygen atoms in total. The Morgan fingerprint density at radius 2 is 1.94 bits per heavy atom. The van der Waals surface area contributed by atoms with Crippen molar-refractivity contribution in [3.05, 3.63) is 41.5 Å². The summed E-state index contributed by atoms with van der Waals surface area (Å²) in [4.78, 5) is 11.3. The minimum atomic E-state index is -0.677. The van der Waals surface area contributed by atoms with Crippen LogP contribution >= 0.6 is 0 Å². The maximum absolute atomic E-state index is 11.3. The van der Waals surface area contributed by atoms with Crippen molar-refractivity contribution in [1.82, 2.24) is 0 Å². The Hall–Kier alpha value is -1.57. The highest BCUT2D eigenvalue weighted by Gasteiger charge is 2.45. The van der Waals surface area contributed by atoms with Gasteiger partial charge in [-0.05, 0) is 25.3 Å². The zero-order valence-electron chi connectivity index (χ0n) is 9.44. The van der Waals surface area contributed by atoms with Gasteiger partial charge in [0.15, 0.2) is 0 Å². The highest BCUT2D eigenvalue weighted by molar-refractivity contribution is 5.81. The molecular weight excluding hydrogens is 200 g/mol. The molecule has 1 fully saturated rings. The average molecular weight is 216 g/mol. The van der Waals surface area contributed by atoms with Gasteiger partial charge in [-0.25, -0.2) is 0 Å². The van der Waals surface area contributed by atoms with Crippen molar-refractivity contribution in [2.24, 2.45) is 5.41 Å². The van der Waals surface area contributed by atoms with E-state index in [9.17, 15) is 9.90 Å². The predicted octanol–water partition coefficient (Wildman–Crippen LogP) is 3.34. The van der Waals surface area contributed by atoms with Crippen molar-refractivity contribution >= 4 is 12.0 Å². The van der Waals surface area contributed by atoms with Gasteiger partial charge >= 0.3 is 5.97 Å². The zero-order valence-corrected chi connectivity index (χ0v) is 9.44. The Morgan fingerprint density at radius 1 is 1.31 bits per heavy atom. The summed E-state index contributed by atoms with van der Waals surface area (Å²) in [5.74, 6) is -0.677. The van der Waals surface area contributed by atoms with E-state index >= 15 is 0 Å². The summed E-state index contributed by atoms with van der Waals surface area (Å²) in [6, 6.07) is 9.89. The van der Waals surface area contributed by atoms with Crippen LogP contribution in [-0.2, 0) is 4.79 Å². The summed E-state index contributed by atoms with van der Waals surface area (Å²) in [5, 5.41) is 9.29. The van der Waals surface area contributed by atoms with Crippen LogP contribution in [0.25, 0.3) is 6.08 Å². The molecule has 0 unspecified atom stereocenters. The van der Waals surface area contributed by atoms with E-state index in [2.05, 4.69) is 0 Å². The summed E-state index contributed by atoms with van der Waals surface area (Å²) < 4.78 is 0.